The molecule has 0 heterocycles. The van der Waals surface area contributed by atoms with Crippen molar-refractivity contribution in [1.82, 2.24) is 0 Å². The molecular formula is C11H13F2NO4S. The van der Waals surface area contributed by atoms with Crippen molar-refractivity contribution in [3.63, 3.8) is 0 Å². The Labute approximate surface area is 109 Å². The molecule has 0 amide bonds. The van der Waals surface area contributed by atoms with Gasteiger partial charge in [-0.1, -0.05) is 0 Å². The molecule has 19 heavy (non-hydrogen) atoms. The van der Waals surface area contributed by atoms with Crippen LogP contribution in [-0.2, 0) is 14.6 Å². The molecule has 1 aromatic rings. The zero-order valence-corrected chi connectivity index (χ0v) is 10.7. The van der Waals surface area contributed by atoms with E-state index < -0.39 is 26.5 Å². The number of sulfone groups is 1. The van der Waals surface area contributed by atoms with Crippen molar-refractivity contribution >= 4 is 21.5 Å². The van der Waals surface area contributed by atoms with E-state index in [0.717, 1.165) is 12.1 Å². The molecule has 0 unspecified atom stereocenters. The first-order valence-electron chi connectivity index (χ1n) is 5.42. The van der Waals surface area contributed by atoms with Gasteiger partial charge in [-0.15, -0.1) is 0 Å². The Balaban J connectivity index is 2.60. The third kappa shape index (κ3) is 4.47. The molecule has 5 nitrogen and oxygen atoms in total. The van der Waals surface area contributed by atoms with E-state index in [9.17, 15) is 22.0 Å². The fourth-order valence-electron chi connectivity index (χ4n) is 1.34. The SMILES string of the molecule is O=C(O)CCCNc1ccc(S(=O)(=O)C(F)F)cc1. The summed E-state index contributed by atoms with van der Waals surface area (Å²) in [5.74, 6) is -4.35. The molecule has 106 valence electrons. The second-order valence-electron chi connectivity index (χ2n) is 3.75. The second kappa shape index (κ2) is 6.46. The van der Waals surface area contributed by atoms with Crippen LogP contribution in [0.3, 0.4) is 0 Å². The Morgan fingerprint density at radius 1 is 1.26 bits per heavy atom. The van der Waals surface area contributed by atoms with Crippen molar-refractivity contribution in [3.05, 3.63) is 24.3 Å². The van der Waals surface area contributed by atoms with Gasteiger partial charge in [0.05, 0.1) is 4.90 Å². The van der Waals surface area contributed by atoms with Crippen LogP contribution in [0.25, 0.3) is 0 Å². The molecular weight excluding hydrogens is 280 g/mol. The molecule has 0 aromatic heterocycles. The number of halogens is 2. The summed E-state index contributed by atoms with van der Waals surface area (Å²) in [7, 11) is -4.57. The van der Waals surface area contributed by atoms with Crippen LogP contribution in [0, 0.1) is 0 Å². The van der Waals surface area contributed by atoms with E-state index in [0.29, 0.717) is 18.7 Å². The number of hydrogen-bond acceptors (Lipinski definition) is 4. The smallest absolute Gasteiger partial charge is 0.341 e. The van der Waals surface area contributed by atoms with E-state index in [-0.39, 0.29) is 6.42 Å². The molecule has 0 saturated carbocycles. The summed E-state index contributed by atoms with van der Waals surface area (Å²) in [6.07, 6.45) is 0.428. The molecule has 0 spiro atoms. The normalized spacial score (nSPS) is 11.5. The van der Waals surface area contributed by atoms with Crippen LogP contribution >= 0.6 is 0 Å². The van der Waals surface area contributed by atoms with Gasteiger partial charge in [-0.2, -0.15) is 8.78 Å². The van der Waals surface area contributed by atoms with Gasteiger partial charge in [0.25, 0.3) is 0 Å². The average Bonchev–Trinajstić information content (AvgIpc) is 2.35. The minimum atomic E-state index is -4.57. The number of alkyl halides is 2. The average molecular weight is 293 g/mol. The van der Waals surface area contributed by atoms with Gasteiger partial charge in [0.1, 0.15) is 0 Å². The maximum absolute atomic E-state index is 12.3. The number of aliphatic carboxylic acids is 1. The molecule has 0 bridgehead atoms. The number of carboxylic acid groups (broad SMARTS) is 1. The van der Waals surface area contributed by atoms with E-state index in [2.05, 4.69) is 5.32 Å². The highest BCUT2D eigenvalue weighted by atomic mass is 32.2. The topological polar surface area (TPSA) is 83.5 Å². The third-order valence-corrected chi connectivity index (χ3v) is 3.71. The number of hydrogen-bond donors (Lipinski definition) is 2. The highest BCUT2D eigenvalue weighted by molar-refractivity contribution is 7.91. The van der Waals surface area contributed by atoms with Crippen molar-refractivity contribution in [3.8, 4) is 0 Å². The lowest BCUT2D eigenvalue weighted by Crippen LogP contribution is -2.11. The Morgan fingerprint density at radius 3 is 2.32 bits per heavy atom. The number of carbonyl (C=O) groups is 1. The van der Waals surface area contributed by atoms with Gasteiger partial charge >= 0.3 is 11.7 Å². The van der Waals surface area contributed by atoms with E-state index in [1.54, 1.807) is 0 Å². The van der Waals surface area contributed by atoms with E-state index in [1.165, 1.54) is 12.1 Å². The van der Waals surface area contributed by atoms with Gasteiger partial charge in [-0.05, 0) is 30.7 Å². The second-order valence-corrected chi connectivity index (χ2v) is 5.67. The molecule has 1 aromatic carbocycles. The first-order valence-corrected chi connectivity index (χ1v) is 6.96. The van der Waals surface area contributed by atoms with Crippen LogP contribution < -0.4 is 5.32 Å². The minimum Gasteiger partial charge on any atom is -0.481 e. The summed E-state index contributed by atoms with van der Waals surface area (Å²) >= 11 is 0. The first-order chi connectivity index (χ1) is 8.84. The quantitative estimate of drug-likeness (QED) is 0.751. The van der Waals surface area contributed by atoms with Gasteiger partial charge in [0, 0.05) is 18.7 Å². The largest absolute Gasteiger partial charge is 0.481 e. The van der Waals surface area contributed by atoms with Crippen molar-refractivity contribution in [2.45, 2.75) is 23.5 Å². The number of carboxylic acids is 1. The fourth-order valence-corrected chi connectivity index (χ4v) is 2.06. The van der Waals surface area contributed by atoms with E-state index in [4.69, 9.17) is 5.11 Å². The Hall–Kier alpha value is -1.70. The van der Waals surface area contributed by atoms with Gasteiger partial charge in [0.15, 0.2) is 0 Å². The zero-order valence-electron chi connectivity index (χ0n) is 9.84. The lowest BCUT2D eigenvalue weighted by molar-refractivity contribution is -0.137. The summed E-state index contributed by atoms with van der Waals surface area (Å²) in [5.41, 5.74) is 0.540. The van der Waals surface area contributed by atoms with Gasteiger partial charge < -0.3 is 10.4 Å². The van der Waals surface area contributed by atoms with Crippen molar-refractivity contribution in [1.29, 1.82) is 0 Å². The predicted octanol–water partition coefficient (Wildman–Crippen LogP) is 1.96. The summed E-state index contributed by atoms with van der Waals surface area (Å²) in [6, 6.07) is 4.88. The van der Waals surface area contributed by atoms with Gasteiger partial charge in [-0.3, -0.25) is 4.79 Å². The highest BCUT2D eigenvalue weighted by Gasteiger charge is 2.26. The Bertz CT molecular complexity index is 528. The summed E-state index contributed by atoms with van der Waals surface area (Å²) in [6.45, 7) is 0.396. The summed E-state index contributed by atoms with van der Waals surface area (Å²) in [4.78, 5) is 9.82. The maximum Gasteiger partial charge on any atom is 0.341 e. The number of rotatable bonds is 7. The molecule has 0 fully saturated rings. The first kappa shape index (κ1) is 15.4. The standard InChI is InChI=1S/C11H13F2NO4S/c12-11(13)19(17,18)9-5-3-8(4-6-9)14-7-1-2-10(15)16/h3-6,11,14H,1-2,7H2,(H,15,16). The molecule has 0 aliphatic rings. The molecule has 0 atom stereocenters. The van der Waals surface area contributed by atoms with Crippen molar-refractivity contribution < 1.29 is 27.1 Å². The van der Waals surface area contributed by atoms with Crippen LogP contribution in [0.2, 0.25) is 0 Å². The zero-order chi connectivity index (χ0) is 14.5. The minimum absolute atomic E-state index is 0.0187. The molecule has 0 aliphatic heterocycles. The van der Waals surface area contributed by atoms with Crippen LogP contribution in [0.1, 0.15) is 12.8 Å². The Kier molecular flexibility index (Phi) is 5.22. The Morgan fingerprint density at radius 2 is 1.84 bits per heavy atom. The number of benzene rings is 1. The molecule has 2 N–H and O–H groups in total. The molecule has 1 rings (SSSR count). The summed E-state index contributed by atoms with van der Waals surface area (Å²) < 4.78 is 46.8. The molecule has 0 saturated heterocycles. The van der Waals surface area contributed by atoms with Gasteiger partial charge in [0.2, 0.25) is 9.84 Å². The van der Waals surface area contributed by atoms with Gasteiger partial charge in [-0.25, -0.2) is 8.42 Å². The number of nitrogens with one attached hydrogen (secondary N) is 1. The monoisotopic (exact) mass is 293 g/mol. The van der Waals surface area contributed by atoms with Crippen LogP contribution in [0.15, 0.2) is 29.2 Å². The third-order valence-electron chi connectivity index (χ3n) is 2.31. The molecule has 0 aliphatic carbocycles. The van der Waals surface area contributed by atoms with E-state index in [1.807, 2.05) is 0 Å². The van der Waals surface area contributed by atoms with Crippen LogP contribution in [0.5, 0.6) is 0 Å². The highest BCUT2D eigenvalue weighted by Crippen LogP contribution is 2.20. The van der Waals surface area contributed by atoms with E-state index >= 15 is 0 Å². The molecule has 0 radical (unpaired) electrons. The summed E-state index contributed by atoms with van der Waals surface area (Å²) in [5, 5.41) is 11.3. The van der Waals surface area contributed by atoms with Crippen molar-refractivity contribution in [2.24, 2.45) is 0 Å². The lowest BCUT2D eigenvalue weighted by Gasteiger charge is -2.07. The van der Waals surface area contributed by atoms with Crippen LogP contribution in [0.4, 0.5) is 14.5 Å². The predicted molar refractivity (Wildman–Crippen MR) is 65.0 cm³/mol. The van der Waals surface area contributed by atoms with Crippen LogP contribution in [-0.4, -0.2) is 31.8 Å². The maximum atomic E-state index is 12.3. The molecule has 8 heteroatoms. The number of anilines is 1. The fraction of sp³-hybridized carbons (Fsp3) is 0.364. The van der Waals surface area contributed by atoms with Crippen molar-refractivity contribution in [2.75, 3.05) is 11.9 Å². The lowest BCUT2D eigenvalue weighted by atomic mass is 10.3.